The first-order chi connectivity index (χ1) is 21.1. The van der Waals surface area contributed by atoms with Gasteiger partial charge in [0, 0.05) is 36.3 Å². The van der Waals surface area contributed by atoms with E-state index in [1.54, 1.807) is 52.0 Å². The van der Waals surface area contributed by atoms with Crippen molar-refractivity contribution in [1.82, 2.24) is 19.1 Å². The number of hydrogen-bond acceptors (Lipinski definition) is 6. The molecular formula is C32H41ClF2N6O4. The summed E-state index contributed by atoms with van der Waals surface area (Å²) < 4.78 is 27.5. The van der Waals surface area contributed by atoms with E-state index in [1.807, 2.05) is 13.8 Å². The van der Waals surface area contributed by atoms with Gasteiger partial charge in [0.15, 0.2) is 0 Å². The van der Waals surface area contributed by atoms with Crippen LogP contribution in [-0.2, 0) is 12.8 Å². The van der Waals surface area contributed by atoms with E-state index >= 15 is 0 Å². The number of aromatic nitrogens is 4. The van der Waals surface area contributed by atoms with Crippen LogP contribution in [-0.4, -0.2) is 31.2 Å². The summed E-state index contributed by atoms with van der Waals surface area (Å²) in [5.74, 6) is -0.0778. The lowest BCUT2D eigenvalue weighted by Gasteiger charge is -2.16. The molecule has 0 saturated carbocycles. The highest BCUT2D eigenvalue weighted by Gasteiger charge is 2.10. The van der Waals surface area contributed by atoms with Crippen LogP contribution in [0.25, 0.3) is 0 Å². The number of aromatic amines is 2. The molecule has 4 aromatic rings. The monoisotopic (exact) mass is 646 g/mol. The Morgan fingerprint density at radius 2 is 1.13 bits per heavy atom. The number of nitrogens with zero attached hydrogens (tertiary/aromatic N) is 2. The number of anilines is 1. The zero-order valence-electron chi connectivity index (χ0n) is 26.2. The molecule has 0 aliphatic rings. The van der Waals surface area contributed by atoms with E-state index in [2.05, 4.69) is 15.3 Å². The predicted octanol–water partition coefficient (Wildman–Crippen LogP) is 4.79. The van der Waals surface area contributed by atoms with Crippen LogP contribution in [0.15, 0.2) is 79.8 Å². The molecule has 2 atom stereocenters. The van der Waals surface area contributed by atoms with Crippen molar-refractivity contribution in [2.75, 3.05) is 5.32 Å². The predicted molar refractivity (Wildman–Crippen MR) is 175 cm³/mol. The second-order valence-electron chi connectivity index (χ2n) is 11.2. The fourth-order valence-electron chi connectivity index (χ4n) is 4.32. The molecular weight excluding hydrogens is 606 g/mol. The van der Waals surface area contributed by atoms with Gasteiger partial charge in [-0.1, -0.05) is 35.9 Å². The summed E-state index contributed by atoms with van der Waals surface area (Å²) in [5, 5.41) is 3.16. The standard InChI is InChI=1S/C16H20FN3O2.C9H12FN.C7H9ClN2O2/c1-10(2)20-15(21)9-14(19-16(20)22)18-11(3)8-12-4-6-13(17)7-5-12;1-7(11)6-8-2-4-9(10)5-3-8;1-4(2)10-6(11)3-5(8)9-7(10)12/h4-7,9-11,18H,8H2,1-3H3,(H,19,22);2-5,7H,6,11H2,1H3;3-4H,1-2H3,(H,9,12)/t11-;7-;/m00./s1. The van der Waals surface area contributed by atoms with Crippen molar-refractivity contribution >= 4 is 17.4 Å². The Balaban J connectivity index is 0.000000259. The van der Waals surface area contributed by atoms with Gasteiger partial charge in [-0.25, -0.2) is 18.4 Å². The van der Waals surface area contributed by atoms with Crippen molar-refractivity contribution in [3.05, 3.63) is 130 Å². The number of nitrogens with two attached hydrogens (primary N) is 1. The molecule has 10 nitrogen and oxygen atoms in total. The van der Waals surface area contributed by atoms with Gasteiger partial charge in [-0.3, -0.25) is 28.7 Å². The molecule has 2 aromatic carbocycles. The van der Waals surface area contributed by atoms with Gasteiger partial charge in [0.2, 0.25) is 0 Å². The number of rotatable bonds is 8. The maximum absolute atomic E-state index is 12.9. The second kappa shape index (κ2) is 17.3. The summed E-state index contributed by atoms with van der Waals surface area (Å²) in [6.45, 7) is 10.9. The van der Waals surface area contributed by atoms with Crippen LogP contribution in [0.2, 0.25) is 5.15 Å². The van der Waals surface area contributed by atoms with Crippen molar-refractivity contribution in [1.29, 1.82) is 0 Å². The minimum absolute atomic E-state index is 0.0181. The molecule has 45 heavy (non-hydrogen) atoms. The maximum atomic E-state index is 12.9. The Bertz CT molecular complexity index is 1680. The van der Waals surface area contributed by atoms with Gasteiger partial charge >= 0.3 is 11.4 Å². The number of halogens is 3. The van der Waals surface area contributed by atoms with Crippen molar-refractivity contribution < 1.29 is 8.78 Å². The van der Waals surface area contributed by atoms with Crippen LogP contribution in [0, 0.1) is 11.6 Å². The van der Waals surface area contributed by atoms with E-state index in [0.717, 1.165) is 26.7 Å². The summed E-state index contributed by atoms with van der Waals surface area (Å²) in [7, 11) is 0. The number of benzene rings is 2. The van der Waals surface area contributed by atoms with Gasteiger partial charge in [-0.15, -0.1) is 0 Å². The van der Waals surface area contributed by atoms with Crippen LogP contribution in [0.5, 0.6) is 0 Å². The molecule has 244 valence electrons. The molecule has 2 heterocycles. The molecule has 5 N–H and O–H groups in total. The van der Waals surface area contributed by atoms with Crippen molar-refractivity contribution in [2.24, 2.45) is 5.73 Å². The Kier molecular flexibility index (Phi) is 14.2. The van der Waals surface area contributed by atoms with E-state index in [-0.39, 0.29) is 52.1 Å². The van der Waals surface area contributed by atoms with Crippen LogP contribution in [0.4, 0.5) is 14.6 Å². The molecule has 13 heteroatoms. The van der Waals surface area contributed by atoms with Gasteiger partial charge in [0.25, 0.3) is 11.1 Å². The lowest BCUT2D eigenvalue weighted by molar-refractivity contribution is 0.546. The lowest BCUT2D eigenvalue weighted by atomic mass is 10.1. The van der Waals surface area contributed by atoms with Gasteiger partial charge in [0.05, 0.1) is 0 Å². The third-order valence-electron chi connectivity index (χ3n) is 6.26. The van der Waals surface area contributed by atoms with Crippen LogP contribution in [0.3, 0.4) is 0 Å². The van der Waals surface area contributed by atoms with Crippen LogP contribution in [0.1, 0.15) is 64.8 Å². The molecule has 0 fully saturated rings. The van der Waals surface area contributed by atoms with E-state index in [1.165, 1.54) is 36.4 Å². The topological polar surface area (TPSA) is 148 Å². The third kappa shape index (κ3) is 12.3. The molecule has 2 aromatic heterocycles. The third-order valence-corrected chi connectivity index (χ3v) is 6.46. The number of nitrogens with one attached hydrogen (secondary N) is 3. The van der Waals surface area contributed by atoms with Crippen LogP contribution < -0.4 is 33.5 Å². The lowest BCUT2D eigenvalue weighted by Crippen LogP contribution is -2.37. The van der Waals surface area contributed by atoms with Gasteiger partial charge in [-0.2, -0.15) is 0 Å². The smallest absolute Gasteiger partial charge is 0.330 e. The van der Waals surface area contributed by atoms with Gasteiger partial charge in [-0.05, 0) is 89.8 Å². The average molecular weight is 647 g/mol. The number of H-pyrrole nitrogens is 2. The minimum atomic E-state index is -0.470. The van der Waals surface area contributed by atoms with E-state index in [0.29, 0.717) is 12.2 Å². The zero-order chi connectivity index (χ0) is 33.8. The SMILES string of the molecule is CC(C)n1c(=O)cc(Cl)[nH]c1=O.CC(C)n1c(=O)cc(N[C@@H](C)Cc2ccc(F)cc2)[nH]c1=O.C[C@H](N)Cc1ccc(F)cc1. The Morgan fingerprint density at radius 1 is 0.711 bits per heavy atom. The number of hydrogen-bond donors (Lipinski definition) is 4. The van der Waals surface area contributed by atoms with E-state index < -0.39 is 11.4 Å². The summed E-state index contributed by atoms with van der Waals surface area (Å²) in [6.07, 6.45) is 1.45. The molecule has 0 spiro atoms. The van der Waals surface area contributed by atoms with Crippen molar-refractivity contribution in [3.8, 4) is 0 Å². The molecule has 0 aliphatic carbocycles. The van der Waals surface area contributed by atoms with E-state index in [4.69, 9.17) is 17.3 Å². The second-order valence-corrected chi connectivity index (χ2v) is 11.6. The summed E-state index contributed by atoms with van der Waals surface area (Å²) in [6, 6.07) is 15.0. The normalized spacial score (nSPS) is 12.1. The average Bonchev–Trinajstić information content (AvgIpc) is 2.90. The molecule has 0 saturated heterocycles. The Labute approximate surface area is 264 Å². The Morgan fingerprint density at radius 3 is 1.53 bits per heavy atom. The largest absolute Gasteiger partial charge is 0.369 e. The van der Waals surface area contributed by atoms with E-state index in [9.17, 15) is 28.0 Å². The first-order valence-electron chi connectivity index (χ1n) is 14.5. The molecule has 4 rings (SSSR count). The Hall–Kier alpha value is -4.29. The fraction of sp³-hybridized carbons (Fsp3) is 0.375. The highest BCUT2D eigenvalue weighted by Crippen LogP contribution is 2.09. The zero-order valence-corrected chi connectivity index (χ0v) is 27.0. The fourth-order valence-corrected chi connectivity index (χ4v) is 4.49. The van der Waals surface area contributed by atoms with Gasteiger partial charge < -0.3 is 11.1 Å². The molecule has 0 unspecified atom stereocenters. The minimum Gasteiger partial charge on any atom is -0.369 e. The first kappa shape index (κ1) is 36.9. The highest BCUT2D eigenvalue weighted by atomic mass is 35.5. The van der Waals surface area contributed by atoms with Crippen molar-refractivity contribution in [2.45, 2.75) is 78.6 Å². The summed E-state index contributed by atoms with van der Waals surface area (Å²) in [4.78, 5) is 51.1. The quantitative estimate of drug-likeness (QED) is 0.203. The molecule has 0 bridgehead atoms. The molecule has 0 aliphatic heterocycles. The maximum Gasteiger partial charge on any atom is 0.330 e. The molecule has 0 amide bonds. The van der Waals surface area contributed by atoms with Gasteiger partial charge in [0.1, 0.15) is 22.6 Å². The highest BCUT2D eigenvalue weighted by molar-refractivity contribution is 6.29. The van der Waals surface area contributed by atoms with Crippen molar-refractivity contribution in [3.63, 3.8) is 0 Å². The summed E-state index contributed by atoms with van der Waals surface area (Å²) >= 11 is 5.46. The van der Waals surface area contributed by atoms with Crippen LogP contribution >= 0.6 is 11.6 Å². The molecule has 0 radical (unpaired) electrons. The first-order valence-corrected chi connectivity index (χ1v) is 14.8. The summed E-state index contributed by atoms with van der Waals surface area (Å²) in [5.41, 5.74) is 6.01.